The SMILES string of the molecule is CS(=O)(=O)NC(=O)c1cc(Cl)c(-n2cc(-c3cccc(Cl)c3F)c3cc(F)cnc32)cc1F. The fourth-order valence-electron chi connectivity index (χ4n) is 3.31. The molecular weight excluding hydrogens is 502 g/mol. The van der Waals surface area contributed by atoms with E-state index < -0.39 is 38.9 Å². The summed E-state index contributed by atoms with van der Waals surface area (Å²) in [6.45, 7) is 0. The molecule has 33 heavy (non-hydrogen) atoms. The Morgan fingerprint density at radius 3 is 2.48 bits per heavy atom. The number of pyridine rings is 1. The number of carbonyl (C=O) groups excluding carboxylic acids is 1. The molecule has 4 rings (SSSR count). The number of nitrogens with one attached hydrogen (secondary N) is 1. The number of nitrogens with zero attached hydrogens (tertiary/aromatic N) is 2. The summed E-state index contributed by atoms with van der Waals surface area (Å²) in [5.74, 6) is -3.71. The van der Waals surface area contributed by atoms with E-state index >= 15 is 0 Å². The van der Waals surface area contributed by atoms with Gasteiger partial charge in [0.05, 0.1) is 33.7 Å². The van der Waals surface area contributed by atoms with Gasteiger partial charge in [0.25, 0.3) is 5.91 Å². The van der Waals surface area contributed by atoms with Gasteiger partial charge in [-0.05, 0) is 18.2 Å². The molecule has 1 N–H and O–H groups in total. The van der Waals surface area contributed by atoms with E-state index in [1.807, 2.05) is 0 Å². The first-order chi connectivity index (χ1) is 15.5. The van der Waals surface area contributed by atoms with Gasteiger partial charge in [-0.25, -0.2) is 31.3 Å². The van der Waals surface area contributed by atoms with Crippen LogP contribution in [0.1, 0.15) is 10.4 Å². The molecule has 12 heteroatoms. The molecule has 0 saturated heterocycles. The Bertz CT molecular complexity index is 1560. The summed E-state index contributed by atoms with van der Waals surface area (Å²) in [5.41, 5.74) is -0.208. The second-order valence-electron chi connectivity index (χ2n) is 7.03. The van der Waals surface area contributed by atoms with Gasteiger partial charge in [-0.1, -0.05) is 35.3 Å². The lowest BCUT2D eigenvalue weighted by Gasteiger charge is -2.11. The highest BCUT2D eigenvalue weighted by Crippen LogP contribution is 2.37. The maximum atomic E-state index is 14.8. The van der Waals surface area contributed by atoms with E-state index in [4.69, 9.17) is 23.2 Å². The van der Waals surface area contributed by atoms with Crippen LogP contribution in [0.2, 0.25) is 10.0 Å². The highest BCUT2D eigenvalue weighted by Gasteiger charge is 2.22. The van der Waals surface area contributed by atoms with Crippen molar-refractivity contribution >= 4 is 50.2 Å². The maximum absolute atomic E-state index is 14.8. The van der Waals surface area contributed by atoms with Gasteiger partial charge < -0.3 is 0 Å². The van der Waals surface area contributed by atoms with Crippen LogP contribution < -0.4 is 4.72 Å². The average molecular weight is 514 g/mol. The fourth-order valence-corrected chi connectivity index (χ4v) is 4.19. The molecule has 2 heterocycles. The Kier molecular flexibility index (Phi) is 5.85. The Hall–Kier alpha value is -3.08. The highest BCUT2D eigenvalue weighted by molar-refractivity contribution is 7.89. The number of carbonyl (C=O) groups is 1. The van der Waals surface area contributed by atoms with Gasteiger partial charge in [0, 0.05) is 28.8 Å². The van der Waals surface area contributed by atoms with Crippen molar-refractivity contribution in [1.29, 1.82) is 0 Å². The molecule has 0 aliphatic carbocycles. The lowest BCUT2D eigenvalue weighted by atomic mass is 10.1. The normalized spacial score (nSPS) is 11.7. The third-order valence-electron chi connectivity index (χ3n) is 4.67. The average Bonchev–Trinajstić information content (AvgIpc) is 3.08. The predicted octanol–water partition coefficient (Wildman–Crippen LogP) is 5.11. The molecule has 1 amide bonds. The van der Waals surface area contributed by atoms with E-state index in [1.54, 1.807) is 4.72 Å². The van der Waals surface area contributed by atoms with Crippen LogP contribution in [0.15, 0.2) is 48.8 Å². The number of fused-ring (bicyclic) bond motifs is 1. The number of halogens is 5. The van der Waals surface area contributed by atoms with Crippen molar-refractivity contribution in [3.05, 3.63) is 81.9 Å². The van der Waals surface area contributed by atoms with E-state index in [0.717, 1.165) is 30.7 Å². The molecule has 6 nitrogen and oxygen atoms in total. The highest BCUT2D eigenvalue weighted by atomic mass is 35.5. The van der Waals surface area contributed by atoms with Crippen LogP contribution in [0.4, 0.5) is 13.2 Å². The molecule has 4 aromatic rings. The first-order valence-electron chi connectivity index (χ1n) is 9.09. The third kappa shape index (κ3) is 4.41. The topological polar surface area (TPSA) is 81.1 Å². The van der Waals surface area contributed by atoms with Crippen molar-refractivity contribution in [2.45, 2.75) is 0 Å². The molecule has 0 bridgehead atoms. The van der Waals surface area contributed by atoms with Crippen molar-refractivity contribution in [3.8, 4) is 16.8 Å². The minimum Gasteiger partial charge on any atom is -0.299 e. The standard InChI is InChI=1S/C21H12Cl2F3N3O3S/c1-33(31,32)28-21(30)13-6-16(23)18(7-17(13)25)29-9-14(11-3-2-4-15(22)19(11)26)12-5-10(24)8-27-20(12)29/h2-9H,1H3,(H,28,30). The number of hydrogen-bond donors (Lipinski definition) is 1. The number of amides is 1. The van der Waals surface area contributed by atoms with Gasteiger partial charge in [0.1, 0.15) is 23.1 Å². The molecule has 2 aromatic heterocycles. The van der Waals surface area contributed by atoms with Gasteiger partial charge in [-0.3, -0.25) is 9.36 Å². The minimum atomic E-state index is -3.94. The van der Waals surface area contributed by atoms with Gasteiger partial charge >= 0.3 is 0 Å². The summed E-state index contributed by atoms with van der Waals surface area (Å²) in [6, 6.07) is 7.27. The zero-order chi connectivity index (χ0) is 24.1. The molecule has 0 atom stereocenters. The first-order valence-corrected chi connectivity index (χ1v) is 11.7. The number of rotatable bonds is 4. The molecular formula is C21H12Cl2F3N3O3S. The molecule has 0 aliphatic rings. The van der Waals surface area contributed by atoms with Crippen LogP contribution >= 0.6 is 23.2 Å². The Morgan fingerprint density at radius 1 is 1.06 bits per heavy atom. The predicted molar refractivity (Wildman–Crippen MR) is 119 cm³/mol. The summed E-state index contributed by atoms with van der Waals surface area (Å²) < 4.78 is 69.0. The van der Waals surface area contributed by atoms with Crippen LogP contribution in [0, 0.1) is 17.5 Å². The van der Waals surface area contributed by atoms with Crippen LogP contribution in [0.5, 0.6) is 0 Å². The van der Waals surface area contributed by atoms with Gasteiger partial charge in [0.15, 0.2) is 0 Å². The zero-order valence-electron chi connectivity index (χ0n) is 16.5. The van der Waals surface area contributed by atoms with E-state index in [1.165, 1.54) is 29.0 Å². The Labute approximate surface area is 195 Å². The van der Waals surface area contributed by atoms with E-state index in [9.17, 15) is 26.4 Å². The maximum Gasteiger partial charge on any atom is 0.267 e. The summed E-state index contributed by atoms with van der Waals surface area (Å²) in [7, 11) is -3.94. The first kappa shape index (κ1) is 23.1. The van der Waals surface area contributed by atoms with Crippen molar-refractivity contribution in [2.75, 3.05) is 6.26 Å². The number of aromatic nitrogens is 2. The van der Waals surface area contributed by atoms with Crippen LogP contribution in [0.3, 0.4) is 0 Å². The number of benzene rings is 2. The van der Waals surface area contributed by atoms with Crippen LogP contribution in [-0.2, 0) is 10.0 Å². The van der Waals surface area contributed by atoms with E-state index in [2.05, 4.69) is 4.98 Å². The van der Waals surface area contributed by atoms with Crippen LogP contribution in [-0.4, -0.2) is 30.1 Å². The van der Waals surface area contributed by atoms with Crippen molar-refractivity contribution in [1.82, 2.24) is 14.3 Å². The van der Waals surface area contributed by atoms with E-state index in [-0.39, 0.29) is 37.9 Å². The minimum absolute atomic E-state index is 0.00265. The van der Waals surface area contributed by atoms with Gasteiger partial charge in [0.2, 0.25) is 10.0 Å². The third-order valence-corrected chi connectivity index (χ3v) is 5.82. The van der Waals surface area contributed by atoms with Crippen molar-refractivity contribution < 1.29 is 26.4 Å². The zero-order valence-corrected chi connectivity index (χ0v) is 18.9. The van der Waals surface area contributed by atoms with E-state index in [0.29, 0.717) is 0 Å². The molecule has 2 aromatic carbocycles. The Morgan fingerprint density at radius 2 is 1.79 bits per heavy atom. The smallest absolute Gasteiger partial charge is 0.267 e. The van der Waals surface area contributed by atoms with Gasteiger partial charge in [-0.2, -0.15) is 0 Å². The molecule has 170 valence electrons. The summed E-state index contributed by atoms with van der Waals surface area (Å²) in [6.07, 6.45) is 3.05. The number of sulfonamides is 1. The van der Waals surface area contributed by atoms with Gasteiger partial charge in [-0.15, -0.1) is 0 Å². The molecule has 0 unspecified atom stereocenters. The fraction of sp³-hybridized carbons (Fsp3) is 0.0476. The summed E-state index contributed by atoms with van der Waals surface area (Å²) >= 11 is 12.2. The monoisotopic (exact) mass is 513 g/mol. The second-order valence-corrected chi connectivity index (χ2v) is 9.59. The summed E-state index contributed by atoms with van der Waals surface area (Å²) in [4.78, 5) is 16.1. The number of hydrogen-bond acceptors (Lipinski definition) is 4. The van der Waals surface area contributed by atoms with Crippen LogP contribution in [0.25, 0.3) is 27.8 Å². The molecule has 0 aliphatic heterocycles. The largest absolute Gasteiger partial charge is 0.299 e. The van der Waals surface area contributed by atoms with Crippen molar-refractivity contribution in [2.24, 2.45) is 0 Å². The summed E-state index contributed by atoms with van der Waals surface area (Å²) in [5, 5.41) is -0.0918. The van der Waals surface area contributed by atoms with Crippen molar-refractivity contribution in [3.63, 3.8) is 0 Å². The second kappa shape index (κ2) is 8.36. The quantitative estimate of drug-likeness (QED) is 0.411. The molecule has 0 saturated carbocycles. The Balaban J connectivity index is 1.94. The lowest BCUT2D eigenvalue weighted by Crippen LogP contribution is -2.30. The molecule has 0 radical (unpaired) electrons. The molecule has 0 spiro atoms. The molecule has 0 fully saturated rings. The lowest BCUT2D eigenvalue weighted by molar-refractivity contribution is 0.0978.